The van der Waals surface area contributed by atoms with Crippen molar-refractivity contribution in [3.05, 3.63) is 44.2 Å². The minimum Gasteiger partial charge on any atom is -0.434 e. The number of benzene rings is 1. The molecular formula is C17H25Cl2N3O2. The second-order valence-corrected chi connectivity index (χ2v) is 5.38. The number of nitrogens with one attached hydrogen (secondary N) is 1. The number of halogens is 2. The highest BCUT2D eigenvalue weighted by Crippen LogP contribution is 2.37. The normalized spacial score (nSPS) is 9.54. The summed E-state index contributed by atoms with van der Waals surface area (Å²) in [7, 11) is 0. The topological polar surface area (TPSA) is 81.0 Å². The van der Waals surface area contributed by atoms with E-state index in [1.807, 2.05) is 41.5 Å². The van der Waals surface area contributed by atoms with Gasteiger partial charge in [-0.1, -0.05) is 64.7 Å². The summed E-state index contributed by atoms with van der Waals surface area (Å²) in [5, 5.41) is 6.74. The zero-order valence-corrected chi connectivity index (χ0v) is 16.4. The molecular weight excluding hydrogens is 349 g/mol. The van der Waals surface area contributed by atoms with Gasteiger partial charge in [-0.15, -0.1) is 5.10 Å². The largest absolute Gasteiger partial charge is 0.434 e. The van der Waals surface area contributed by atoms with Gasteiger partial charge in [0.1, 0.15) is 0 Å². The molecule has 134 valence electrons. The van der Waals surface area contributed by atoms with Crippen LogP contribution in [0.25, 0.3) is 0 Å². The van der Waals surface area contributed by atoms with E-state index in [9.17, 15) is 4.79 Å². The van der Waals surface area contributed by atoms with Crippen molar-refractivity contribution in [1.82, 2.24) is 10.2 Å². The van der Waals surface area contributed by atoms with Crippen molar-refractivity contribution in [2.24, 2.45) is 0 Å². The predicted octanol–water partition coefficient (Wildman–Crippen LogP) is 5.63. The van der Waals surface area contributed by atoms with Gasteiger partial charge in [0.25, 0.3) is 5.56 Å². The average Bonchev–Trinajstić information content (AvgIpc) is 2.56. The van der Waals surface area contributed by atoms with Crippen LogP contribution >= 0.6 is 23.2 Å². The van der Waals surface area contributed by atoms with Crippen LogP contribution < -0.4 is 16.0 Å². The van der Waals surface area contributed by atoms with Gasteiger partial charge < -0.3 is 10.5 Å². The zero-order chi connectivity index (χ0) is 18.9. The van der Waals surface area contributed by atoms with Gasteiger partial charge in [-0.25, -0.2) is 5.10 Å². The van der Waals surface area contributed by atoms with Gasteiger partial charge in [-0.2, -0.15) is 0 Å². The number of nitrogen functional groups attached to an aromatic ring is 1. The molecule has 0 aliphatic heterocycles. The molecule has 7 heteroatoms. The molecule has 5 nitrogen and oxygen atoms in total. The molecule has 0 unspecified atom stereocenters. The van der Waals surface area contributed by atoms with Crippen molar-refractivity contribution in [2.45, 2.75) is 47.5 Å². The molecule has 2 aromatic rings. The molecule has 0 atom stereocenters. The maximum atomic E-state index is 11.6. The standard InChI is InChI=1S/C13H13Cl2N3O2.2C2H6/c1-6(2)8-5-11(17-18-13(8)19)20-12-9(14)3-7(16)4-10(12)15;2*1-2/h3-6H,16H2,1-2H3,(H,18,19);2*1-2H3. The summed E-state index contributed by atoms with van der Waals surface area (Å²) >= 11 is 12.1. The minimum atomic E-state index is -0.248. The van der Waals surface area contributed by atoms with Crippen LogP contribution in [0.1, 0.15) is 53.0 Å². The van der Waals surface area contributed by atoms with Crippen LogP contribution in [-0.2, 0) is 0 Å². The Labute approximate surface area is 153 Å². The lowest BCUT2D eigenvalue weighted by molar-refractivity contribution is 0.452. The van der Waals surface area contributed by atoms with E-state index in [1.54, 1.807) is 6.07 Å². The van der Waals surface area contributed by atoms with Crippen LogP contribution in [0.3, 0.4) is 0 Å². The van der Waals surface area contributed by atoms with Crippen molar-refractivity contribution >= 4 is 28.9 Å². The summed E-state index contributed by atoms with van der Waals surface area (Å²) in [4.78, 5) is 11.6. The quantitative estimate of drug-likeness (QED) is 0.683. The summed E-state index contributed by atoms with van der Waals surface area (Å²) in [5.41, 5.74) is 6.37. The number of nitrogens with two attached hydrogens (primary N) is 1. The molecule has 0 fully saturated rings. The summed E-state index contributed by atoms with van der Waals surface area (Å²) in [5.74, 6) is 0.500. The Balaban J connectivity index is 0.00000123. The molecule has 0 radical (unpaired) electrons. The summed E-state index contributed by atoms with van der Waals surface area (Å²) in [6.07, 6.45) is 0. The van der Waals surface area contributed by atoms with Gasteiger partial charge >= 0.3 is 0 Å². The highest BCUT2D eigenvalue weighted by atomic mass is 35.5. The van der Waals surface area contributed by atoms with Crippen molar-refractivity contribution in [2.75, 3.05) is 5.73 Å². The molecule has 24 heavy (non-hydrogen) atoms. The maximum Gasteiger partial charge on any atom is 0.267 e. The molecule has 1 aromatic carbocycles. The lowest BCUT2D eigenvalue weighted by atomic mass is 10.1. The second kappa shape index (κ2) is 10.9. The fourth-order valence-electron chi connectivity index (χ4n) is 1.66. The van der Waals surface area contributed by atoms with Crippen molar-refractivity contribution < 1.29 is 4.74 Å². The van der Waals surface area contributed by atoms with Gasteiger partial charge in [0.15, 0.2) is 5.75 Å². The van der Waals surface area contributed by atoms with Gasteiger partial charge in [0.05, 0.1) is 10.0 Å². The van der Waals surface area contributed by atoms with E-state index in [4.69, 9.17) is 33.7 Å². The highest BCUT2D eigenvalue weighted by Gasteiger charge is 2.13. The number of nitrogens with zero attached hydrogens (tertiary/aromatic N) is 1. The van der Waals surface area contributed by atoms with Gasteiger partial charge in [-0.05, 0) is 18.1 Å². The summed E-state index contributed by atoms with van der Waals surface area (Å²) < 4.78 is 5.54. The number of rotatable bonds is 3. The molecule has 0 saturated heterocycles. The number of anilines is 1. The Morgan fingerprint density at radius 1 is 1.08 bits per heavy atom. The molecule has 0 bridgehead atoms. The molecule has 1 heterocycles. The van der Waals surface area contributed by atoms with Gasteiger partial charge in [0, 0.05) is 17.3 Å². The zero-order valence-electron chi connectivity index (χ0n) is 14.9. The molecule has 0 amide bonds. The first-order chi connectivity index (χ1) is 11.4. The molecule has 0 saturated carbocycles. The third kappa shape index (κ3) is 6.06. The molecule has 2 rings (SSSR count). The van der Waals surface area contributed by atoms with E-state index in [1.165, 1.54) is 12.1 Å². The third-order valence-electron chi connectivity index (χ3n) is 2.66. The lowest BCUT2D eigenvalue weighted by Gasteiger charge is -2.10. The Kier molecular flexibility index (Phi) is 10.2. The van der Waals surface area contributed by atoms with Crippen LogP contribution in [0.15, 0.2) is 23.0 Å². The molecule has 3 N–H and O–H groups in total. The molecule has 0 aliphatic carbocycles. The minimum absolute atomic E-state index is 0.0430. The highest BCUT2D eigenvalue weighted by molar-refractivity contribution is 6.37. The van der Waals surface area contributed by atoms with E-state index < -0.39 is 0 Å². The number of hydrogen-bond acceptors (Lipinski definition) is 4. The first-order valence-corrected chi connectivity index (χ1v) is 8.66. The Morgan fingerprint density at radius 3 is 2.04 bits per heavy atom. The predicted molar refractivity (Wildman–Crippen MR) is 103 cm³/mol. The van der Waals surface area contributed by atoms with Gasteiger partial charge in [0.2, 0.25) is 5.88 Å². The lowest BCUT2D eigenvalue weighted by Crippen LogP contribution is -2.15. The van der Waals surface area contributed by atoms with Crippen molar-refractivity contribution in [3.63, 3.8) is 0 Å². The van der Waals surface area contributed by atoms with Crippen molar-refractivity contribution in [3.8, 4) is 11.6 Å². The molecule has 0 aliphatic rings. The number of ether oxygens (including phenoxy) is 1. The Morgan fingerprint density at radius 2 is 1.58 bits per heavy atom. The van der Waals surface area contributed by atoms with Crippen molar-refractivity contribution in [1.29, 1.82) is 0 Å². The van der Waals surface area contributed by atoms with Gasteiger partial charge in [-0.3, -0.25) is 4.79 Å². The Bertz CT molecular complexity index is 677. The molecule has 1 aromatic heterocycles. The Hall–Kier alpha value is -1.72. The first-order valence-electron chi connectivity index (χ1n) is 7.90. The maximum absolute atomic E-state index is 11.6. The SMILES string of the molecule is CC.CC.CC(C)c1cc(Oc2c(Cl)cc(N)cc2Cl)n[nH]c1=O. The fourth-order valence-corrected chi connectivity index (χ4v) is 2.25. The molecule has 0 spiro atoms. The first kappa shape index (κ1) is 22.3. The summed E-state index contributed by atoms with van der Waals surface area (Å²) in [6, 6.07) is 4.61. The number of aromatic amines is 1. The summed E-state index contributed by atoms with van der Waals surface area (Å²) in [6.45, 7) is 11.8. The monoisotopic (exact) mass is 373 g/mol. The number of aromatic nitrogens is 2. The van der Waals surface area contributed by atoms with E-state index in [0.717, 1.165) is 0 Å². The second-order valence-electron chi connectivity index (χ2n) is 4.56. The van der Waals surface area contributed by atoms with Crippen LogP contribution in [0, 0.1) is 0 Å². The van der Waals surface area contributed by atoms with E-state index >= 15 is 0 Å². The fraction of sp³-hybridized carbons (Fsp3) is 0.412. The van der Waals surface area contributed by atoms with Crippen LogP contribution in [0.5, 0.6) is 11.6 Å². The van der Waals surface area contributed by atoms with Crippen LogP contribution in [-0.4, -0.2) is 10.2 Å². The van der Waals surface area contributed by atoms with Crippen LogP contribution in [0.4, 0.5) is 5.69 Å². The smallest absolute Gasteiger partial charge is 0.267 e. The van der Waals surface area contributed by atoms with E-state index in [2.05, 4.69) is 10.2 Å². The number of H-pyrrole nitrogens is 1. The number of hydrogen-bond donors (Lipinski definition) is 2. The van der Waals surface area contributed by atoms with Crippen LogP contribution in [0.2, 0.25) is 10.0 Å². The van der Waals surface area contributed by atoms with E-state index in [-0.39, 0.29) is 33.2 Å². The average molecular weight is 374 g/mol. The third-order valence-corrected chi connectivity index (χ3v) is 3.22. The van der Waals surface area contributed by atoms with E-state index in [0.29, 0.717) is 11.3 Å².